The molecule has 2 aromatic rings. The van der Waals surface area contributed by atoms with Crippen molar-refractivity contribution in [3.8, 4) is 5.75 Å². The normalized spacial score (nSPS) is 22.7. The first-order valence-electron chi connectivity index (χ1n) is 9.70. The van der Waals surface area contributed by atoms with Crippen molar-refractivity contribution in [2.24, 2.45) is 0 Å². The van der Waals surface area contributed by atoms with Gasteiger partial charge in [0, 0.05) is 30.6 Å². The van der Waals surface area contributed by atoms with Crippen LogP contribution in [0.1, 0.15) is 42.5 Å². The molecule has 1 saturated carbocycles. The molecule has 142 valence electrons. The van der Waals surface area contributed by atoms with E-state index in [4.69, 9.17) is 10.5 Å². The second-order valence-corrected chi connectivity index (χ2v) is 7.40. The van der Waals surface area contributed by atoms with E-state index in [2.05, 4.69) is 15.2 Å². The van der Waals surface area contributed by atoms with Gasteiger partial charge in [-0.1, -0.05) is 6.42 Å². The molecule has 1 aromatic carbocycles. The van der Waals surface area contributed by atoms with Crippen molar-refractivity contribution < 1.29 is 9.53 Å². The summed E-state index contributed by atoms with van der Waals surface area (Å²) >= 11 is 0. The number of hydrogen-bond donors (Lipinski definition) is 2. The number of nitrogens with zero attached hydrogens (tertiary/aromatic N) is 2. The molecule has 2 aliphatic rings. The van der Waals surface area contributed by atoms with Crippen LogP contribution < -0.4 is 15.8 Å². The topological polar surface area (TPSA) is 80.5 Å². The maximum Gasteiger partial charge on any atom is 0.255 e. The Balaban J connectivity index is 1.28. The second kappa shape index (κ2) is 7.96. The highest BCUT2D eigenvalue weighted by atomic mass is 16.5. The molecule has 27 heavy (non-hydrogen) atoms. The van der Waals surface area contributed by atoms with E-state index in [9.17, 15) is 4.79 Å². The molecule has 3 N–H and O–H groups in total. The van der Waals surface area contributed by atoms with E-state index in [1.165, 1.54) is 38.5 Å². The van der Waals surface area contributed by atoms with Gasteiger partial charge >= 0.3 is 0 Å². The summed E-state index contributed by atoms with van der Waals surface area (Å²) in [5.74, 6) is 0.616. The summed E-state index contributed by atoms with van der Waals surface area (Å²) in [7, 11) is 0. The van der Waals surface area contributed by atoms with Gasteiger partial charge in [0.05, 0.1) is 17.6 Å². The number of nitrogen functional groups attached to an aromatic ring is 1. The number of aromatic nitrogens is 1. The molecule has 4 rings (SSSR count). The van der Waals surface area contributed by atoms with Crippen LogP contribution in [0.5, 0.6) is 5.75 Å². The number of nitrogens with one attached hydrogen (secondary N) is 1. The first-order valence-corrected chi connectivity index (χ1v) is 9.70. The molecule has 1 aliphatic heterocycles. The van der Waals surface area contributed by atoms with Crippen LogP contribution in [-0.2, 0) is 0 Å². The van der Waals surface area contributed by atoms with Gasteiger partial charge in [-0.05, 0) is 56.3 Å². The van der Waals surface area contributed by atoms with Gasteiger partial charge in [-0.2, -0.15) is 0 Å². The summed E-state index contributed by atoms with van der Waals surface area (Å²) < 4.78 is 6.06. The molecule has 1 aromatic heterocycles. The zero-order chi connectivity index (χ0) is 18.6. The highest BCUT2D eigenvalue weighted by Crippen LogP contribution is 2.31. The maximum absolute atomic E-state index is 12.4. The molecule has 2 heterocycles. The zero-order valence-electron chi connectivity index (χ0n) is 15.4. The van der Waals surface area contributed by atoms with Gasteiger partial charge < -0.3 is 20.7 Å². The van der Waals surface area contributed by atoms with Crippen molar-refractivity contribution in [3.63, 3.8) is 0 Å². The van der Waals surface area contributed by atoms with Crippen LogP contribution in [0.25, 0.3) is 0 Å². The predicted molar refractivity (Wildman–Crippen MR) is 106 cm³/mol. The third-order valence-electron chi connectivity index (χ3n) is 5.50. The Morgan fingerprint density at radius 1 is 1.11 bits per heavy atom. The monoisotopic (exact) mass is 366 g/mol. The minimum absolute atomic E-state index is 0.201. The molecule has 0 atom stereocenters. The van der Waals surface area contributed by atoms with E-state index < -0.39 is 0 Å². The first kappa shape index (κ1) is 17.8. The minimum atomic E-state index is -0.201. The van der Waals surface area contributed by atoms with E-state index in [0.717, 1.165) is 18.6 Å². The highest BCUT2D eigenvalue weighted by Gasteiger charge is 2.35. The Bertz CT molecular complexity index is 781. The molecule has 0 radical (unpaired) electrons. The molecule has 1 aliphatic carbocycles. The molecular formula is C21H26N4O2. The molecule has 2 fully saturated rings. The fraction of sp³-hybridized carbons (Fsp3) is 0.429. The van der Waals surface area contributed by atoms with E-state index in [1.54, 1.807) is 24.4 Å². The van der Waals surface area contributed by atoms with Crippen LogP contribution in [0.3, 0.4) is 0 Å². The Labute approximate surface area is 159 Å². The van der Waals surface area contributed by atoms with Crippen LogP contribution in [0.2, 0.25) is 0 Å². The maximum atomic E-state index is 12.4. The SMILES string of the molecule is Nc1cnccc1NC(=O)c1ccc(OC2CC(N3CCCCC3)C2)cc1. The number of rotatable bonds is 5. The lowest BCUT2D eigenvalue weighted by molar-refractivity contribution is 0.00892. The van der Waals surface area contributed by atoms with E-state index >= 15 is 0 Å². The number of hydrogen-bond acceptors (Lipinski definition) is 5. The summed E-state index contributed by atoms with van der Waals surface area (Å²) in [5.41, 5.74) is 7.39. The first-order chi connectivity index (χ1) is 13.2. The Morgan fingerprint density at radius 3 is 2.56 bits per heavy atom. The van der Waals surface area contributed by atoms with E-state index in [-0.39, 0.29) is 12.0 Å². The van der Waals surface area contributed by atoms with Crippen LogP contribution >= 0.6 is 0 Å². The molecule has 0 unspecified atom stereocenters. The fourth-order valence-corrected chi connectivity index (χ4v) is 3.81. The highest BCUT2D eigenvalue weighted by molar-refractivity contribution is 6.05. The lowest BCUT2D eigenvalue weighted by Gasteiger charge is -2.44. The Kier molecular flexibility index (Phi) is 5.25. The summed E-state index contributed by atoms with van der Waals surface area (Å²) in [5, 5.41) is 2.80. The van der Waals surface area contributed by atoms with Crippen molar-refractivity contribution in [2.75, 3.05) is 24.1 Å². The number of pyridine rings is 1. The quantitative estimate of drug-likeness (QED) is 0.848. The van der Waals surface area contributed by atoms with Gasteiger partial charge in [0.2, 0.25) is 0 Å². The minimum Gasteiger partial charge on any atom is -0.490 e. The number of likely N-dealkylation sites (tertiary alicyclic amines) is 1. The van der Waals surface area contributed by atoms with Crippen LogP contribution in [0.4, 0.5) is 11.4 Å². The molecule has 0 bridgehead atoms. The van der Waals surface area contributed by atoms with E-state index in [1.807, 2.05) is 12.1 Å². The van der Waals surface area contributed by atoms with Crippen LogP contribution in [0, 0.1) is 0 Å². The molecule has 6 nitrogen and oxygen atoms in total. The van der Waals surface area contributed by atoms with Gasteiger partial charge in [0.1, 0.15) is 11.9 Å². The van der Waals surface area contributed by atoms with Crippen LogP contribution in [0.15, 0.2) is 42.7 Å². The van der Waals surface area contributed by atoms with Crippen molar-refractivity contribution in [2.45, 2.75) is 44.2 Å². The van der Waals surface area contributed by atoms with Gasteiger partial charge in [-0.3, -0.25) is 9.78 Å². The Hall–Kier alpha value is -2.60. The largest absolute Gasteiger partial charge is 0.490 e. The third kappa shape index (κ3) is 4.22. The molecule has 6 heteroatoms. The second-order valence-electron chi connectivity index (χ2n) is 7.40. The summed E-state index contributed by atoms with van der Waals surface area (Å²) in [6.45, 7) is 2.48. The fourth-order valence-electron chi connectivity index (χ4n) is 3.81. The average Bonchev–Trinajstić information content (AvgIpc) is 2.67. The summed E-state index contributed by atoms with van der Waals surface area (Å²) in [4.78, 5) is 18.9. The van der Waals surface area contributed by atoms with E-state index in [0.29, 0.717) is 23.0 Å². The predicted octanol–water partition coefficient (Wildman–Crippen LogP) is 3.31. The smallest absolute Gasteiger partial charge is 0.255 e. The lowest BCUT2D eigenvalue weighted by Crippen LogP contribution is -2.50. The molecule has 0 spiro atoms. The zero-order valence-corrected chi connectivity index (χ0v) is 15.4. The number of ether oxygens (including phenoxy) is 1. The summed E-state index contributed by atoms with van der Waals surface area (Å²) in [6, 6.07) is 9.65. The molecule has 1 saturated heterocycles. The number of amides is 1. The number of carbonyl (C=O) groups excluding carboxylic acids is 1. The lowest BCUT2D eigenvalue weighted by atomic mass is 9.86. The van der Waals surface area contributed by atoms with Gasteiger partial charge in [0.25, 0.3) is 5.91 Å². The summed E-state index contributed by atoms with van der Waals surface area (Å²) in [6.07, 6.45) is 9.63. The number of piperidine rings is 1. The number of anilines is 2. The number of nitrogens with two attached hydrogens (primary N) is 1. The Morgan fingerprint density at radius 2 is 1.85 bits per heavy atom. The van der Waals surface area contributed by atoms with Gasteiger partial charge in [0.15, 0.2) is 0 Å². The molecule has 1 amide bonds. The average molecular weight is 366 g/mol. The van der Waals surface area contributed by atoms with Crippen molar-refractivity contribution in [1.29, 1.82) is 0 Å². The third-order valence-corrected chi connectivity index (χ3v) is 5.50. The van der Waals surface area contributed by atoms with Crippen LogP contribution in [-0.4, -0.2) is 41.0 Å². The molecular weight excluding hydrogens is 340 g/mol. The van der Waals surface area contributed by atoms with Crippen molar-refractivity contribution in [3.05, 3.63) is 48.3 Å². The van der Waals surface area contributed by atoms with Crippen molar-refractivity contribution in [1.82, 2.24) is 9.88 Å². The van der Waals surface area contributed by atoms with Crippen molar-refractivity contribution >= 4 is 17.3 Å². The van der Waals surface area contributed by atoms with Gasteiger partial charge in [-0.15, -0.1) is 0 Å². The number of benzene rings is 1. The van der Waals surface area contributed by atoms with Gasteiger partial charge in [-0.25, -0.2) is 0 Å². The standard InChI is InChI=1S/C21H26N4O2/c22-19-14-23-9-8-20(19)24-21(26)15-4-6-17(7-5-15)27-18-12-16(13-18)25-10-2-1-3-11-25/h4-9,14,16,18H,1-3,10-13,22H2,(H,23,24,26). The number of carbonyl (C=O) groups is 1.